The molecule has 5 nitrogen and oxygen atoms in total. The zero-order chi connectivity index (χ0) is 23.4. The smallest absolute Gasteiger partial charge is 0.242 e. The Labute approximate surface area is 189 Å². The number of unbranched alkanes of at least 4 members (excludes halogenated alkanes) is 2. The molecule has 1 rings (SSSR count). The second kappa shape index (κ2) is 20.2. The van der Waals surface area contributed by atoms with Gasteiger partial charge in [0.25, 0.3) is 0 Å². The largest absolute Gasteiger partial charge is 0.393 e. The molecule has 0 saturated carbocycles. The lowest BCUT2D eigenvalue weighted by atomic mass is 10.1. The normalized spacial score (nSPS) is 16.3. The molecule has 0 amide bonds. The minimum atomic E-state index is -3.42. The van der Waals surface area contributed by atoms with Gasteiger partial charge in [0.1, 0.15) is 6.10 Å². The average molecular weight is 463 g/mol. The van der Waals surface area contributed by atoms with Crippen LogP contribution in [0.2, 0.25) is 0 Å². The molecule has 0 aromatic carbocycles. The number of piperidine rings is 1. The summed E-state index contributed by atoms with van der Waals surface area (Å²) in [4.78, 5) is 5.99. The van der Waals surface area contributed by atoms with Gasteiger partial charge in [0.2, 0.25) is 10.0 Å². The minimum absolute atomic E-state index is 0.120. The quantitative estimate of drug-likeness (QED) is 0.152. The van der Waals surface area contributed by atoms with Gasteiger partial charge >= 0.3 is 0 Å². The number of sulfonamides is 1. The van der Waals surface area contributed by atoms with Crippen molar-refractivity contribution < 1.29 is 13.3 Å². The molecule has 1 saturated heterocycles. The Morgan fingerprint density at radius 1 is 1.13 bits per heavy atom. The van der Waals surface area contributed by atoms with E-state index in [1.807, 2.05) is 47.4 Å². The van der Waals surface area contributed by atoms with Gasteiger partial charge in [-0.2, -0.15) is 4.31 Å². The Morgan fingerprint density at radius 3 is 2.23 bits per heavy atom. The van der Waals surface area contributed by atoms with Crippen LogP contribution in [0.5, 0.6) is 0 Å². The molecular weight excluding hydrogens is 415 g/mol. The zero-order valence-corrected chi connectivity index (χ0v) is 22.5. The Morgan fingerprint density at radius 2 is 1.73 bits per heavy atom. The Kier molecular flexibility index (Phi) is 21.2. The lowest BCUT2D eigenvalue weighted by molar-refractivity contribution is 0.0630. The van der Waals surface area contributed by atoms with Crippen LogP contribution in [0.25, 0.3) is 0 Å². The van der Waals surface area contributed by atoms with Crippen molar-refractivity contribution in [2.24, 2.45) is 5.16 Å². The lowest BCUT2D eigenvalue weighted by Crippen LogP contribution is -2.39. The van der Waals surface area contributed by atoms with E-state index in [1.54, 1.807) is 16.5 Å². The molecule has 0 N–H and O–H groups in total. The van der Waals surface area contributed by atoms with Crippen molar-refractivity contribution in [2.45, 2.75) is 99.0 Å². The number of hydrogen-bond acceptors (Lipinski definition) is 4. The van der Waals surface area contributed by atoms with E-state index in [0.29, 0.717) is 37.3 Å². The number of rotatable bonds is 11. The maximum atomic E-state index is 12.8. The van der Waals surface area contributed by atoms with E-state index in [-0.39, 0.29) is 6.10 Å². The molecule has 0 bridgehead atoms. The van der Waals surface area contributed by atoms with Crippen molar-refractivity contribution in [1.29, 1.82) is 0 Å². The zero-order valence-electron chi connectivity index (χ0n) is 20.5. The second-order valence-corrected chi connectivity index (χ2v) is 8.74. The summed E-state index contributed by atoms with van der Waals surface area (Å²) in [6.07, 6.45) is 12.9. The van der Waals surface area contributed by atoms with E-state index in [9.17, 15) is 8.42 Å². The average Bonchev–Trinajstić information content (AvgIpc) is 2.78. The highest BCUT2D eigenvalue weighted by molar-refractivity contribution is 7.93. The second-order valence-electron chi connectivity index (χ2n) is 6.80. The van der Waals surface area contributed by atoms with E-state index in [1.165, 1.54) is 12.8 Å². The predicted octanol–water partition coefficient (Wildman–Crippen LogP) is 6.53. The van der Waals surface area contributed by atoms with E-state index in [0.717, 1.165) is 25.0 Å². The molecule has 178 valence electrons. The molecule has 30 heavy (non-hydrogen) atoms. The SMILES string of the molecule is CC.CC/C=C\C(=C/CC)S(=O)(=O)N1CCC(=NOC(C)CCCCC)CC1.CP. The minimum Gasteiger partial charge on any atom is -0.393 e. The lowest BCUT2D eigenvalue weighted by Gasteiger charge is -2.27. The van der Waals surface area contributed by atoms with Gasteiger partial charge in [0.05, 0.1) is 10.6 Å². The van der Waals surface area contributed by atoms with Gasteiger partial charge in [0, 0.05) is 25.9 Å². The van der Waals surface area contributed by atoms with E-state index in [2.05, 4.69) is 21.3 Å². The van der Waals surface area contributed by atoms with Gasteiger partial charge in [-0.3, -0.25) is 0 Å². The summed E-state index contributed by atoms with van der Waals surface area (Å²) < 4.78 is 27.2. The summed E-state index contributed by atoms with van der Waals surface area (Å²) in [5.41, 5.74) is 0.962. The highest BCUT2D eigenvalue weighted by atomic mass is 32.2. The first kappa shape index (κ1) is 31.5. The molecule has 1 heterocycles. The van der Waals surface area contributed by atoms with Crippen LogP contribution in [0, 0.1) is 0 Å². The van der Waals surface area contributed by atoms with Gasteiger partial charge in [0.15, 0.2) is 0 Å². The summed E-state index contributed by atoms with van der Waals surface area (Å²) in [7, 11) is -1.000. The maximum Gasteiger partial charge on any atom is 0.242 e. The fraction of sp³-hybridized carbons (Fsp3) is 0.783. The molecule has 2 unspecified atom stereocenters. The van der Waals surface area contributed by atoms with Crippen LogP contribution < -0.4 is 0 Å². The molecule has 1 fully saturated rings. The first-order chi connectivity index (χ1) is 14.5. The molecule has 0 radical (unpaired) electrons. The van der Waals surface area contributed by atoms with Crippen LogP contribution in [-0.2, 0) is 14.9 Å². The molecule has 1 aliphatic heterocycles. The highest BCUT2D eigenvalue weighted by Gasteiger charge is 2.28. The van der Waals surface area contributed by atoms with Gasteiger partial charge in [-0.1, -0.05) is 71.4 Å². The van der Waals surface area contributed by atoms with E-state index >= 15 is 0 Å². The molecule has 1 aliphatic rings. The van der Waals surface area contributed by atoms with Crippen LogP contribution in [0.4, 0.5) is 0 Å². The number of hydrogen-bond donors (Lipinski definition) is 0. The van der Waals surface area contributed by atoms with E-state index in [4.69, 9.17) is 4.84 Å². The van der Waals surface area contributed by atoms with Gasteiger partial charge < -0.3 is 4.84 Å². The summed E-state index contributed by atoms with van der Waals surface area (Å²) in [5, 5.41) is 4.28. The van der Waals surface area contributed by atoms with Crippen LogP contribution in [0.1, 0.15) is 92.9 Å². The Bertz CT molecular complexity index is 592. The topological polar surface area (TPSA) is 59.0 Å². The monoisotopic (exact) mass is 462 g/mol. The fourth-order valence-electron chi connectivity index (χ4n) is 2.82. The van der Waals surface area contributed by atoms with Crippen LogP contribution in [0.15, 0.2) is 28.3 Å². The number of nitrogens with zero attached hydrogens (tertiary/aromatic N) is 2. The summed E-state index contributed by atoms with van der Waals surface area (Å²) in [5.74, 6) is 0. The Hall–Kier alpha value is -0.710. The van der Waals surface area contributed by atoms with Crippen molar-refractivity contribution in [3.8, 4) is 0 Å². The first-order valence-electron chi connectivity index (χ1n) is 11.6. The third-order valence-electron chi connectivity index (χ3n) is 4.44. The third-order valence-corrected chi connectivity index (χ3v) is 6.38. The fourth-order valence-corrected chi connectivity index (χ4v) is 4.43. The van der Waals surface area contributed by atoms with Gasteiger partial charge in [-0.25, -0.2) is 8.42 Å². The molecule has 0 aliphatic carbocycles. The van der Waals surface area contributed by atoms with Crippen molar-refractivity contribution in [1.82, 2.24) is 4.31 Å². The molecule has 2 atom stereocenters. The predicted molar refractivity (Wildman–Crippen MR) is 137 cm³/mol. The summed E-state index contributed by atoms with van der Waals surface area (Å²) in [6.45, 7) is 15.0. The standard InChI is InChI=1S/C20H36N2O3S.C2H6.CH5P/c1-5-8-10-12-18(4)25-21-19-14-16-22(17-15-19)26(23,24)20(11-7-3)13-9-6-2;2*1-2/h9,11,13,18H,5-8,10,12,14-17H2,1-4H3;1-2H3;2H2,1H3/b13-9-,20-11+;;. The van der Waals surface area contributed by atoms with Crippen molar-refractivity contribution >= 4 is 25.0 Å². The number of allylic oxidation sites excluding steroid dienone is 3. The maximum absolute atomic E-state index is 12.8. The molecule has 0 aromatic heterocycles. The highest BCUT2D eigenvalue weighted by Crippen LogP contribution is 2.20. The molecule has 0 spiro atoms. The van der Waals surface area contributed by atoms with Crippen molar-refractivity contribution in [3.63, 3.8) is 0 Å². The third kappa shape index (κ3) is 12.9. The molecular formula is C23H47N2O3PS. The first-order valence-corrected chi connectivity index (χ1v) is 14.2. The molecule has 7 heteroatoms. The van der Waals surface area contributed by atoms with Crippen LogP contribution in [-0.4, -0.2) is 44.3 Å². The molecule has 0 aromatic rings. The summed E-state index contributed by atoms with van der Waals surface area (Å²) in [6, 6.07) is 0. The Balaban J connectivity index is 0. The van der Waals surface area contributed by atoms with Gasteiger partial charge in [-0.05, 0) is 38.7 Å². The summed E-state index contributed by atoms with van der Waals surface area (Å²) >= 11 is 0. The van der Waals surface area contributed by atoms with Gasteiger partial charge in [-0.15, -0.1) is 9.24 Å². The van der Waals surface area contributed by atoms with Crippen molar-refractivity contribution in [2.75, 3.05) is 19.8 Å². The van der Waals surface area contributed by atoms with Crippen LogP contribution >= 0.6 is 9.24 Å². The van der Waals surface area contributed by atoms with Crippen LogP contribution in [0.3, 0.4) is 0 Å². The van der Waals surface area contributed by atoms with E-state index < -0.39 is 10.0 Å². The number of oxime groups is 1. The van der Waals surface area contributed by atoms with Crippen molar-refractivity contribution in [3.05, 3.63) is 23.1 Å².